The van der Waals surface area contributed by atoms with E-state index in [1.54, 1.807) is 7.05 Å². The van der Waals surface area contributed by atoms with Crippen molar-refractivity contribution in [1.29, 1.82) is 0 Å². The third-order valence-electron chi connectivity index (χ3n) is 2.39. The van der Waals surface area contributed by atoms with Gasteiger partial charge in [0.15, 0.2) is 0 Å². The van der Waals surface area contributed by atoms with Crippen molar-refractivity contribution in [2.45, 2.75) is 31.2 Å². The highest BCUT2D eigenvalue weighted by Crippen LogP contribution is 2.32. The number of carboxylic acid groups (broad SMARTS) is 1. The number of carboxylic acids is 1. The maximum Gasteiger partial charge on any atom is 0.309 e. The summed E-state index contributed by atoms with van der Waals surface area (Å²) in [6, 6.07) is -0.899. The fourth-order valence-electron chi connectivity index (χ4n) is 1.76. The standard InChI is InChI=1S/C8H13F2NO2/c1-11-4-2-3-6(11)8(9,10)5-7(12)13/h6H,2-5H2,1H3,(H,12,13). The predicted octanol–water partition coefficient (Wildman–Crippen LogP) is 1.19. The van der Waals surface area contributed by atoms with Crippen LogP contribution in [0.5, 0.6) is 0 Å². The van der Waals surface area contributed by atoms with E-state index in [0.717, 1.165) is 6.42 Å². The van der Waals surface area contributed by atoms with Gasteiger partial charge in [-0.1, -0.05) is 0 Å². The molecule has 1 N–H and O–H groups in total. The maximum atomic E-state index is 13.2. The van der Waals surface area contributed by atoms with E-state index < -0.39 is 24.4 Å². The van der Waals surface area contributed by atoms with Crippen LogP contribution >= 0.6 is 0 Å². The molecule has 13 heavy (non-hydrogen) atoms. The van der Waals surface area contributed by atoms with Crippen LogP contribution in [-0.4, -0.2) is 41.5 Å². The summed E-state index contributed by atoms with van der Waals surface area (Å²) in [5.41, 5.74) is 0. The van der Waals surface area contributed by atoms with Crippen LogP contribution in [0.4, 0.5) is 8.78 Å². The van der Waals surface area contributed by atoms with E-state index in [1.807, 2.05) is 0 Å². The molecule has 0 radical (unpaired) electrons. The summed E-state index contributed by atoms with van der Waals surface area (Å²) in [6.07, 6.45) is 0.0369. The lowest BCUT2D eigenvalue weighted by Crippen LogP contribution is -2.43. The zero-order chi connectivity index (χ0) is 10.1. The number of halogens is 2. The molecule has 0 bridgehead atoms. The molecule has 0 amide bonds. The summed E-state index contributed by atoms with van der Waals surface area (Å²) in [4.78, 5) is 11.7. The Bertz CT molecular complexity index is 208. The second kappa shape index (κ2) is 3.57. The van der Waals surface area contributed by atoms with Crippen molar-refractivity contribution in [3.8, 4) is 0 Å². The number of alkyl halides is 2. The van der Waals surface area contributed by atoms with Crippen LogP contribution in [-0.2, 0) is 4.79 Å². The van der Waals surface area contributed by atoms with Crippen LogP contribution in [0.1, 0.15) is 19.3 Å². The lowest BCUT2D eigenvalue weighted by molar-refractivity contribution is -0.149. The number of rotatable bonds is 3. The molecular weight excluding hydrogens is 180 g/mol. The Hall–Kier alpha value is -0.710. The van der Waals surface area contributed by atoms with Gasteiger partial charge in [-0.25, -0.2) is 8.78 Å². The molecule has 5 heteroatoms. The van der Waals surface area contributed by atoms with Gasteiger partial charge in [0.2, 0.25) is 0 Å². The lowest BCUT2D eigenvalue weighted by atomic mass is 10.0. The predicted molar refractivity (Wildman–Crippen MR) is 42.9 cm³/mol. The minimum absolute atomic E-state index is 0.386. The molecule has 1 saturated heterocycles. The highest BCUT2D eigenvalue weighted by Gasteiger charge is 2.45. The molecule has 1 fully saturated rings. The average molecular weight is 193 g/mol. The van der Waals surface area contributed by atoms with Crippen molar-refractivity contribution in [2.24, 2.45) is 0 Å². The summed E-state index contributed by atoms with van der Waals surface area (Å²) < 4.78 is 26.4. The third-order valence-corrected chi connectivity index (χ3v) is 2.39. The van der Waals surface area contributed by atoms with Crippen LogP contribution in [0.3, 0.4) is 0 Å². The maximum absolute atomic E-state index is 13.2. The molecule has 1 unspecified atom stereocenters. The molecule has 76 valence electrons. The van der Waals surface area contributed by atoms with E-state index in [2.05, 4.69) is 0 Å². The molecule has 1 heterocycles. The molecule has 1 aliphatic heterocycles. The second-order valence-corrected chi connectivity index (χ2v) is 3.47. The van der Waals surface area contributed by atoms with Crippen LogP contribution in [0, 0.1) is 0 Å². The SMILES string of the molecule is CN1CCCC1C(F)(F)CC(=O)O. The Kier molecular flexibility index (Phi) is 2.85. The average Bonchev–Trinajstić information content (AvgIpc) is 2.32. The summed E-state index contributed by atoms with van der Waals surface area (Å²) in [7, 11) is 1.60. The van der Waals surface area contributed by atoms with Crippen molar-refractivity contribution in [1.82, 2.24) is 4.90 Å². The van der Waals surface area contributed by atoms with E-state index in [0.29, 0.717) is 13.0 Å². The number of hydrogen-bond acceptors (Lipinski definition) is 2. The number of aliphatic carboxylic acids is 1. The molecule has 0 saturated carbocycles. The number of nitrogens with zero attached hydrogens (tertiary/aromatic N) is 1. The summed E-state index contributed by atoms with van der Waals surface area (Å²) in [6.45, 7) is 0.625. The van der Waals surface area contributed by atoms with E-state index in [4.69, 9.17) is 5.11 Å². The van der Waals surface area contributed by atoms with E-state index in [1.165, 1.54) is 4.90 Å². The minimum atomic E-state index is -3.10. The molecule has 0 aromatic rings. The molecule has 0 aliphatic carbocycles. The highest BCUT2D eigenvalue weighted by molar-refractivity contribution is 5.68. The molecule has 0 aromatic carbocycles. The Morgan fingerprint density at radius 1 is 1.69 bits per heavy atom. The Labute approximate surface area is 75.3 Å². The molecule has 3 nitrogen and oxygen atoms in total. The monoisotopic (exact) mass is 193 g/mol. The Morgan fingerprint density at radius 2 is 2.31 bits per heavy atom. The summed E-state index contributed by atoms with van der Waals surface area (Å²) >= 11 is 0. The van der Waals surface area contributed by atoms with Crippen LogP contribution in [0.15, 0.2) is 0 Å². The minimum Gasteiger partial charge on any atom is -0.481 e. The van der Waals surface area contributed by atoms with Crippen molar-refractivity contribution in [3.63, 3.8) is 0 Å². The number of likely N-dealkylation sites (tertiary alicyclic amines) is 1. The highest BCUT2D eigenvalue weighted by atomic mass is 19.3. The van der Waals surface area contributed by atoms with E-state index >= 15 is 0 Å². The van der Waals surface area contributed by atoms with Gasteiger partial charge in [-0.15, -0.1) is 0 Å². The molecule has 0 spiro atoms. The summed E-state index contributed by atoms with van der Waals surface area (Å²) in [5, 5.41) is 8.30. The van der Waals surface area contributed by atoms with Crippen molar-refractivity contribution in [2.75, 3.05) is 13.6 Å². The fourth-order valence-corrected chi connectivity index (χ4v) is 1.76. The molecule has 0 aromatic heterocycles. The van der Waals surface area contributed by atoms with Crippen molar-refractivity contribution >= 4 is 5.97 Å². The van der Waals surface area contributed by atoms with Crippen LogP contribution in [0.2, 0.25) is 0 Å². The number of hydrogen-bond donors (Lipinski definition) is 1. The zero-order valence-corrected chi connectivity index (χ0v) is 7.46. The molecule has 1 atom stereocenters. The van der Waals surface area contributed by atoms with E-state index in [-0.39, 0.29) is 0 Å². The Morgan fingerprint density at radius 3 is 2.69 bits per heavy atom. The number of carbonyl (C=O) groups is 1. The fraction of sp³-hybridized carbons (Fsp3) is 0.875. The summed E-state index contributed by atoms with van der Waals surface area (Å²) in [5.74, 6) is -4.54. The van der Waals surface area contributed by atoms with E-state index in [9.17, 15) is 13.6 Å². The van der Waals surface area contributed by atoms with Gasteiger partial charge in [0, 0.05) is 0 Å². The third kappa shape index (κ3) is 2.37. The second-order valence-electron chi connectivity index (χ2n) is 3.47. The molecule has 1 aliphatic rings. The van der Waals surface area contributed by atoms with Crippen molar-refractivity contribution < 1.29 is 18.7 Å². The van der Waals surface area contributed by atoms with Gasteiger partial charge >= 0.3 is 5.97 Å². The topological polar surface area (TPSA) is 40.5 Å². The van der Waals surface area contributed by atoms with Crippen LogP contribution in [0.25, 0.3) is 0 Å². The first-order valence-electron chi connectivity index (χ1n) is 4.23. The lowest BCUT2D eigenvalue weighted by Gasteiger charge is -2.27. The normalized spacial score (nSPS) is 25.0. The van der Waals surface area contributed by atoms with Crippen LogP contribution < -0.4 is 0 Å². The van der Waals surface area contributed by atoms with Gasteiger partial charge in [0.1, 0.15) is 6.42 Å². The van der Waals surface area contributed by atoms with Gasteiger partial charge in [-0.05, 0) is 26.4 Å². The first kappa shape index (κ1) is 10.4. The zero-order valence-electron chi connectivity index (χ0n) is 7.46. The smallest absolute Gasteiger partial charge is 0.309 e. The van der Waals surface area contributed by atoms with Gasteiger partial charge in [-0.2, -0.15) is 0 Å². The molecular formula is C8H13F2NO2. The van der Waals surface area contributed by atoms with Crippen molar-refractivity contribution in [3.05, 3.63) is 0 Å². The quantitative estimate of drug-likeness (QED) is 0.731. The van der Waals surface area contributed by atoms with Gasteiger partial charge < -0.3 is 5.11 Å². The first-order valence-corrected chi connectivity index (χ1v) is 4.23. The first-order chi connectivity index (χ1) is 5.93. The largest absolute Gasteiger partial charge is 0.481 e. The van der Waals surface area contributed by atoms with Gasteiger partial charge in [-0.3, -0.25) is 9.69 Å². The van der Waals surface area contributed by atoms with Gasteiger partial charge in [0.05, 0.1) is 6.04 Å². The Balaban J connectivity index is 2.62. The molecule has 1 rings (SSSR count). The van der Waals surface area contributed by atoms with Gasteiger partial charge in [0.25, 0.3) is 5.92 Å².